The van der Waals surface area contributed by atoms with Crippen LogP contribution in [0.25, 0.3) is 16.7 Å². The van der Waals surface area contributed by atoms with Crippen molar-refractivity contribution in [2.24, 2.45) is 4.36 Å². The van der Waals surface area contributed by atoms with E-state index in [-0.39, 0.29) is 12.1 Å². The minimum Gasteiger partial charge on any atom is -0.378 e. The van der Waals surface area contributed by atoms with Gasteiger partial charge in [0.05, 0.1) is 31.1 Å². The van der Waals surface area contributed by atoms with Crippen LogP contribution in [0.4, 0.5) is 23.0 Å². The summed E-state index contributed by atoms with van der Waals surface area (Å²) in [7, 11) is -0.436. The van der Waals surface area contributed by atoms with E-state index in [1.807, 2.05) is 25.2 Å². The van der Waals surface area contributed by atoms with Gasteiger partial charge in [-0.1, -0.05) is 12.1 Å². The van der Waals surface area contributed by atoms with E-state index in [4.69, 9.17) is 9.72 Å². The van der Waals surface area contributed by atoms with Crippen LogP contribution in [0.2, 0.25) is 0 Å². The largest absolute Gasteiger partial charge is 0.378 e. The Hall–Kier alpha value is -4.00. The second-order valence-electron chi connectivity index (χ2n) is 9.81. The molecule has 2 N–H and O–H groups in total. The van der Waals surface area contributed by atoms with Crippen molar-refractivity contribution >= 4 is 43.8 Å². The Bertz CT molecular complexity index is 1720. The van der Waals surface area contributed by atoms with Gasteiger partial charge in [-0.25, -0.2) is 18.6 Å². The first kappa shape index (κ1) is 27.6. The highest BCUT2D eigenvalue weighted by molar-refractivity contribution is 7.92. The summed E-state index contributed by atoms with van der Waals surface area (Å²) in [4.78, 5) is 24.8. The van der Waals surface area contributed by atoms with Crippen molar-refractivity contribution in [3.63, 3.8) is 0 Å². The highest BCUT2D eigenvalue weighted by Crippen LogP contribution is 2.27. The molecule has 1 aliphatic heterocycles. The highest BCUT2D eigenvalue weighted by atomic mass is 32.2. The van der Waals surface area contributed by atoms with Crippen molar-refractivity contribution in [2.45, 2.75) is 13.1 Å². The summed E-state index contributed by atoms with van der Waals surface area (Å²) in [6.07, 6.45) is 6.36. The predicted octanol–water partition coefficient (Wildman–Crippen LogP) is 3.43. The minimum atomic E-state index is -2.36. The third kappa shape index (κ3) is 5.93. The van der Waals surface area contributed by atoms with E-state index in [1.165, 1.54) is 5.69 Å². The van der Waals surface area contributed by atoms with Crippen molar-refractivity contribution in [1.82, 2.24) is 24.6 Å². The van der Waals surface area contributed by atoms with Gasteiger partial charge in [-0.05, 0) is 49.0 Å². The molecule has 2 aromatic carbocycles. The van der Waals surface area contributed by atoms with Crippen molar-refractivity contribution in [3.05, 3.63) is 77.2 Å². The van der Waals surface area contributed by atoms with E-state index in [0.717, 1.165) is 24.3 Å². The Morgan fingerprint density at radius 3 is 2.70 bits per heavy atom. The van der Waals surface area contributed by atoms with Crippen LogP contribution in [0.3, 0.4) is 0 Å². The summed E-state index contributed by atoms with van der Waals surface area (Å²) >= 11 is 0. The number of aromatic nitrogens is 4. The average molecular weight is 563 g/mol. The average Bonchev–Trinajstić information content (AvgIpc) is 3.19. The summed E-state index contributed by atoms with van der Waals surface area (Å²) in [5.74, 6) is 0.359. The van der Waals surface area contributed by atoms with Gasteiger partial charge in [0.2, 0.25) is 5.95 Å². The maximum Gasteiger partial charge on any atom is 0.278 e. The maximum atomic E-state index is 13.3. The zero-order valence-corrected chi connectivity index (χ0v) is 23.8. The van der Waals surface area contributed by atoms with Crippen LogP contribution >= 0.6 is 0 Å². The molecule has 1 fully saturated rings. The van der Waals surface area contributed by atoms with Crippen LogP contribution < -0.4 is 21.1 Å². The van der Waals surface area contributed by atoms with Gasteiger partial charge in [-0.15, -0.1) is 6.58 Å². The fourth-order valence-corrected chi connectivity index (χ4v) is 5.43. The molecule has 3 heterocycles. The van der Waals surface area contributed by atoms with Crippen molar-refractivity contribution in [3.8, 4) is 5.69 Å². The molecule has 0 aliphatic carbocycles. The SMILES string of the molecule is C=CCn1c(=O)c2cnc(Nc3ccc(N4CCOCC4)c(CNC)c3)nc2n1-c1cccc(N=S(C)(C)=O)c1. The topological polar surface area (TPSA) is 119 Å². The molecule has 1 saturated heterocycles. The molecule has 1 aliphatic rings. The Balaban J connectivity index is 1.56. The lowest BCUT2D eigenvalue weighted by molar-refractivity contribution is 0.122. The smallest absolute Gasteiger partial charge is 0.278 e. The number of hydrogen-bond donors (Lipinski definition) is 2. The fraction of sp³-hybridized carbons (Fsp3) is 0.321. The fourth-order valence-electron chi connectivity index (χ4n) is 4.81. The van der Waals surface area contributed by atoms with Crippen LogP contribution in [0, 0.1) is 0 Å². The maximum absolute atomic E-state index is 13.3. The Labute approximate surface area is 233 Å². The predicted molar refractivity (Wildman–Crippen MR) is 161 cm³/mol. The quantitative estimate of drug-likeness (QED) is 0.298. The third-order valence-corrected chi connectivity index (χ3v) is 7.08. The van der Waals surface area contributed by atoms with Crippen molar-refractivity contribution < 1.29 is 8.95 Å². The molecule has 0 amide bonds. The Morgan fingerprint density at radius 1 is 1.18 bits per heavy atom. The van der Waals surface area contributed by atoms with E-state index in [9.17, 15) is 9.00 Å². The molecule has 2 aromatic heterocycles. The number of nitrogens with one attached hydrogen (secondary N) is 2. The zero-order chi connectivity index (χ0) is 28.3. The summed E-state index contributed by atoms with van der Waals surface area (Å²) in [5.41, 5.74) is 4.58. The number of hydrogen-bond acceptors (Lipinski definition) is 9. The number of benzene rings is 2. The first-order valence-corrected chi connectivity index (χ1v) is 15.3. The molecular formula is C28H34N8O3S. The summed E-state index contributed by atoms with van der Waals surface area (Å²) < 4.78 is 25.4. The van der Waals surface area contributed by atoms with Crippen molar-refractivity contribution in [1.29, 1.82) is 0 Å². The van der Waals surface area contributed by atoms with Gasteiger partial charge in [-0.3, -0.25) is 4.79 Å². The molecule has 11 nitrogen and oxygen atoms in total. The normalized spacial score (nSPS) is 13.9. The second-order valence-corrected chi connectivity index (χ2v) is 12.4. The molecule has 4 aromatic rings. The first-order valence-electron chi connectivity index (χ1n) is 13.0. The van der Waals surface area contributed by atoms with Crippen LogP contribution in [-0.4, -0.2) is 69.4 Å². The molecule has 0 radical (unpaired) electrons. The Kier molecular flexibility index (Phi) is 8.01. The van der Waals surface area contributed by atoms with Gasteiger partial charge >= 0.3 is 0 Å². The monoisotopic (exact) mass is 562 g/mol. The van der Waals surface area contributed by atoms with E-state index in [0.29, 0.717) is 48.1 Å². The number of morpholine rings is 1. The van der Waals surface area contributed by atoms with E-state index >= 15 is 0 Å². The molecular weight excluding hydrogens is 528 g/mol. The van der Waals surface area contributed by atoms with E-state index < -0.39 is 9.73 Å². The van der Waals surface area contributed by atoms with Gasteiger partial charge in [0, 0.05) is 59.4 Å². The molecule has 0 saturated carbocycles. The van der Waals surface area contributed by atoms with Gasteiger partial charge in [0.1, 0.15) is 5.39 Å². The standard InChI is InChI=1S/C28H34N8O3S/c1-5-11-35-27(37)24-19-30-28(32-26(24)36(35)23-8-6-7-22(17-23)33-40(3,4)38)31-21-9-10-25(20(16-21)18-29-2)34-12-14-39-15-13-34/h5-10,16-17,19,29H,1,11-15,18H2,2-4H3,(H,30,31,32). The summed E-state index contributed by atoms with van der Waals surface area (Å²) in [6, 6.07) is 13.4. The number of allylic oxidation sites excluding steroid dienone is 1. The van der Waals surface area contributed by atoms with Crippen LogP contribution in [0.15, 0.2) is 70.5 Å². The number of ether oxygens (including phenoxy) is 1. The lowest BCUT2D eigenvalue weighted by Crippen LogP contribution is -2.37. The van der Waals surface area contributed by atoms with Crippen LogP contribution in [-0.2, 0) is 27.6 Å². The van der Waals surface area contributed by atoms with E-state index in [1.54, 1.807) is 46.3 Å². The Morgan fingerprint density at radius 2 is 1.98 bits per heavy atom. The lowest BCUT2D eigenvalue weighted by Gasteiger charge is -2.31. The van der Waals surface area contributed by atoms with Crippen molar-refractivity contribution in [2.75, 3.05) is 56.1 Å². The molecule has 0 atom stereocenters. The molecule has 12 heteroatoms. The molecule has 0 spiro atoms. The molecule has 0 unspecified atom stereocenters. The lowest BCUT2D eigenvalue weighted by atomic mass is 10.1. The van der Waals surface area contributed by atoms with Crippen LogP contribution in [0.1, 0.15) is 5.56 Å². The van der Waals surface area contributed by atoms with Gasteiger partial charge in [-0.2, -0.15) is 9.35 Å². The number of rotatable bonds is 9. The number of nitrogens with zero attached hydrogens (tertiary/aromatic N) is 6. The second kappa shape index (κ2) is 11.6. The van der Waals surface area contributed by atoms with Gasteiger partial charge in [0.15, 0.2) is 5.65 Å². The van der Waals surface area contributed by atoms with Gasteiger partial charge in [0.25, 0.3) is 5.56 Å². The van der Waals surface area contributed by atoms with E-state index in [2.05, 4.69) is 43.6 Å². The van der Waals surface area contributed by atoms with Crippen LogP contribution in [0.5, 0.6) is 0 Å². The molecule has 5 rings (SSSR count). The minimum absolute atomic E-state index is 0.232. The first-order chi connectivity index (χ1) is 19.3. The molecule has 210 valence electrons. The third-order valence-electron chi connectivity index (χ3n) is 6.43. The molecule has 0 bridgehead atoms. The summed E-state index contributed by atoms with van der Waals surface area (Å²) in [5, 5.41) is 6.94. The highest BCUT2D eigenvalue weighted by Gasteiger charge is 2.18. The zero-order valence-electron chi connectivity index (χ0n) is 23.0. The molecule has 40 heavy (non-hydrogen) atoms. The number of anilines is 3. The number of fused-ring (bicyclic) bond motifs is 1. The van der Waals surface area contributed by atoms with Gasteiger partial charge < -0.3 is 20.3 Å². The summed E-state index contributed by atoms with van der Waals surface area (Å²) in [6.45, 7) is 7.92.